The minimum Gasteiger partial charge on any atom is -0.141 e. The molecule has 0 fully saturated rings. The van der Waals surface area contributed by atoms with E-state index in [0.717, 1.165) is 0 Å². The van der Waals surface area contributed by atoms with Gasteiger partial charge in [0.1, 0.15) is 0 Å². The molecule has 30 heavy (non-hydrogen) atoms. The van der Waals surface area contributed by atoms with E-state index in [4.69, 9.17) is 0 Å². The molecule has 0 aliphatic carbocycles. The van der Waals surface area contributed by atoms with Crippen LogP contribution in [0.5, 0.6) is 0 Å². The van der Waals surface area contributed by atoms with E-state index in [-0.39, 0.29) is 0 Å². The van der Waals surface area contributed by atoms with E-state index in [1.807, 2.05) is 22.7 Å². The van der Waals surface area contributed by atoms with Crippen LogP contribution < -0.4 is 0 Å². The number of benzene rings is 4. The number of thiophene rings is 2. The SMILES string of the molecule is Cc1ccc(-c2ccc3c(ccc4c5ccc(-c6ccc(C)s6)cc5ccc34)c2)s1. The Bertz CT molecular complexity index is 1440. The minimum absolute atomic E-state index is 1.30. The molecule has 2 aromatic heterocycles. The van der Waals surface area contributed by atoms with Crippen LogP contribution in [0.15, 0.2) is 84.9 Å². The molecular formula is C28H20S2. The van der Waals surface area contributed by atoms with E-state index >= 15 is 0 Å². The van der Waals surface area contributed by atoms with Crippen LogP contribution in [0.3, 0.4) is 0 Å². The van der Waals surface area contributed by atoms with Crippen molar-refractivity contribution in [2.45, 2.75) is 13.8 Å². The molecule has 0 saturated carbocycles. The maximum Gasteiger partial charge on any atom is 0.0345 e. The van der Waals surface area contributed by atoms with Crippen molar-refractivity contribution < 1.29 is 0 Å². The Labute approximate surface area is 184 Å². The van der Waals surface area contributed by atoms with E-state index in [1.54, 1.807) is 0 Å². The Balaban J connectivity index is 1.52. The smallest absolute Gasteiger partial charge is 0.0345 e. The van der Waals surface area contributed by atoms with Gasteiger partial charge in [0.2, 0.25) is 0 Å². The normalized spacial score (nSPS) is 11.7. The van der Waals surface area contributed by atoms with E-state index in [1.165, 1.54) is 63.0 Å². The summed E-state index contributed by atoms with van der Waals surface area (Å²) < 4.78 is 0. The molecule has 0 bridgehead atoms. The van der Waals surface area contributed by atoms with E-state index in [2.05, 4.69) is 98.8 Å². The summed E-state index contributed by atoms with van der Waals surface area (Å²) in [5.41, 5.74) is 2.60. The van der Waals surface area contributed by atoms with Crippen LogP contribution in [0.25, 0.3) is 53.2 Å². The number of aryl methyl sites for hydroxylation is 2. The highest BCUT2D eigenvalue weighted by Gasteiger charge is 2.09. The van der Waals surface area contributed by atoms with Crippen LogP contribution >= 0.6 is 22.7 Å². The molecule has 0 aliphatic heterocycles. The van der Waals surface area contributed by atoms with Gasteiger partial charge in [-0.05, 0) is 93.7 Å². The van der Waals surface area contributed by atoms with Crippen LogP contribution in [0, 0.1) is 13.8 Å². The first-order valence-electron chi connectivity index (χ1n) is 10.2. The fourth-order valence-corrected chi connectivity index (χ4v) is 6.10. The van der Waals surface area contributed by atoms with Gasteiger partial charge in [-0.25, -0.2) is 0 Å². The summed E-state index contributed by atoms with van der Waals surface area (Å²) >= 11 is 3.71. The van der Waals surface area contributed by atoms with E-state index < -0.39 is 0 Å². The molecule has 0 atom stereocenters. The molecule has 0 saturated heterocycles. The third-order valence-electron chi connectivity index (χ3n) is 5.88. The highest BCUT2D eigenvalue weighted by Crippen LogP contribution is 2.37. The summed E-state index contributed by atoms with van der Waals surface area (Å²) in [5, 5.41) is 7.91. The van der Waals surface area contributed by atoms with Crippen LogP contribution in [-0.4, -0.2) is 0 Å². The topological polar surface area (TPSA) is 0 Å². The summed E-state index contributed by atoms with van der Waals surface area (Å²) in [6.07, 6.45) is 0. The van der Waals surface area contributed by atoms with Crippen molar-refractivity contribution in [1.29, 1.82) is 0 Å². The molecule has 0 aliphatic rings. The van der Waals surface area contributed by atoms with Crippen molar-refractivity contribution in [3.8, 4) is 20.9 Å². The fraction of sp³-hybridized carbons (Fsp3) is 0.0714. The lowest BCUT2D eigenvalue weighted by Crippen LogP contribution is -1.83. The van der Waals surface area contributed by atoms with Crippen molar-refractivity contribution >= 4 is 55.0 Å². The van der Waals surface area contributed by atoms with Gasteiger partial charge in [-0.1, -0.05) is 48.5 Å². The first-order chi connectivity index (χ1) is 14.7. The van der Waals surface area contributed by atoms with Crippen molar-refractivity contribution in [2.24, 2.45) is 0 Å². The number of fused-ring (bicyclic) bond motifs is 5. The molecule has 0 N–H and O–H groups in total. The standard InChI is InChI=1S/C28H20S2/c1-17-3-13-27(29-17)21-7-9-23-19(15-21)5-11-26-24-10-8-22(28-14-4-18(2)30-28)16-20(24)6-12-25(23)26/h3-16H,1-2H3. The molecule has 2 heteroatoms. The second-order valence-corrected chi connectivity index (χ2v) is 10.5. The number of rotatable bonds is 2. The average Bonchev–Trinajstić information content (AvgIpc) is 3.40. The summed E-state index contributed by atoms with van der Waals surface area (Å²) in [6, 6.07) is 31.7. The zero-order chi connectivity index (χ0) is 20.2. The molecule has 144 valence electrons. The van der Waals surface area contributed by atoms with Gasteiger partial charge >= 0.3 is 0 Å². The largest absolute Gasteiger partial charge is 0.141 e. The van der Waals surface area contributed by atoms with Gasteiger partial charge in [0.05, 0.1) is 0 Å². The maximum atomic E-state index is 2.33. The van der Waals surface area contributed by atoms with Crippen molar-refractivity contribution in [3.63, 3.8) is 0 Å². The zero-order valence-electron chi connectivity index (χ0n) is 16.9. The summed E-state index contributed by atoms with van der Waals surface area (Å²) in [4.78, 5) is 5.38. The zero-order valence-corrected chi connectivity index (χ0v) is 18.5. The van der Waals surface area contributed by atoms with Gasteiger partial charge in [0.15, 0.2) is 0 Å². The van der Waals surface area contributed by atoms with Crippen LogP contribution in [0.2, 0.25) is 0 Å². The lowest BCUT2D eigenvalue weighted by Gasteiger charge is -2.10. The molecule has 6 rings (SSSR count). The predicted octanol–water partition coefficient (Wildman–Crippen LogP) is 9.22. The Morgan fingerprint density at radius 2 is 0.867 bits per heavy atom. The first kappa shape index (κ1) is 17.9. The van der Waals surface area contributed by atoms with Crippen molar-refractivity contribution in [3.05, 3.63) is 94.7 Å². The van der Waals surface area contributed by atoms with E-state index in [9.17, 15) is 0 Å². The molecular weight excluding hydrogens is 400 g/mol. The van der Waals surface area contributed by atoms with Crippen LogP contribution in [-0.2, 0) is 0 Å². The van der Waals surface area contributed by atoms with Gasteiger partial charge in [0, 0.05) is 19.5 Å². The third-order valence-corrected chi connectivity index (χ3v) is 7.98. The third kappa shape index (κ3) is 2.87. The Morgan fingerprint density at radius 3 is 1.27 bits per heavy atom. The highest BCUT2D eigenvalue weighted by atomic mass is 32.1. The van der Waals surface area contributed by atoms with Crippen LogP contribution in [0.1, 0.15) is 9.75 Å². The highest BCUT2D eigenvalue weighted by molar-refractivity contribution is 7.15. The van der Waals surface area contributed by atoms with Gasteiger partial charge < -0.3 is 0 Å². The van der Waals surface area contributed by atoms with Crippen molar-refractivity contribution in [2.75, 3.05) is 0 Å². The first-order valence-corrected chi connectivity index (χ1v) is 11.8. The Kier molecular flexibility index (Phi) is 4.05. The lowest BCUT2D eigenvalue weighted by atomic mass is 9.95. The second-order valence-electron chi connectivity index (χ2n) is 7.92. The van der Waals surface area contributed by atoms with Crippen LogP contribution in [0.4, 0.5) is 0 Å². The second kappa shape index (κ2) is 6.80. The molecule has 6 aromatic rings. The van der Waals surface area contributed by atoms with Gasteiger partial charge in [-0.15, -0.1) is 22.7 Å². The molecule has 0 spiro atoms. The van der Waals surface area contributed by atoms with Gasteiger partial charge in [0.25, 0.3) is 0 Å². The summed E-state index contributed by atoms with van der Waals surface area (Å²) in [5.74, 6) is 0. The molecule has 2 heterocycles. The molecule has 0 unspecified atom stereocenters. The predicted molar refractivity (Wildman–Crippen MR) is 135 cm³/mol. The minimum atomic E-state index is 1.30. The van der Waals surface area contributed by atoms with Gasteiger partial charge in [-0.2, -0.15) is 0 Å². The Hall–Kier alpha value is -2.94. The average molecular weight is 421 g/mol. The maximum absolute atomic E-state index is 2.33. The molecule has 4 aromatic carbocycles. The Morgan fingerprint density at radius 1 is 0.433 bits per heavy atom. The number of hydrogen-bond acceptors (Lipinski definition) is 2. The summed E-state index contributed by atoms with van der Waals surface area (Å²) in [6.45, 7) is 4.33. The summed E-state index contributed by atoms with van der Waals surface area (Å²) in [7, 11) is 0. The number of hydrogen-bond donors (Lipinski definition) is 0. The molecule has 0 radical (unpaired) electrons. The molecule has 0 amide bonds. The van der Waals surface area contributed by atoms with E-state index in [0.29, 0.717) is 0 Å². The monoisotopic (exact) mass is 420 g/mol. The van der Waals surface area contributed by atoms with Crippen molar-refractivity contribution in [1.82, 2.24) is 0 Å². The van der Waals surface area contributed by atoms with Gasteiger partial charge in [-0.3, -0.25) is 0 Å². The fourth-order valence-electron chi connectivity index (χ4n) is 4.37. The quantitative estimate of drug-likeness (QED) is 0.245. The lowest BCUT2D eigenvalue weighted by molar-refractivity contribution is 1.64. The molecule has 0 nitrogen and oxygen atoms in total.